The van der Waals surface area contributed by atoms with E-state index in [1.807, 2.05) is 30.1 Å². The fraction of sp³-hybridized carbons (Fsp3) is 0.409. The van der Waals surface area contributed by atoms with Crippen molar-refractivity contribution >= 4 is 29.2 Å². The number of benzene rings is 2. The van der Waals surface area contributed by atoms with Crippen molar-refractivity contribution in [3.63, 3.8) is 0 Å². The predicted octanol–water partition coefficient (Wildman–Crippen LogP) is 5.41. The van der Waals surface area contributed by atoms with Crippen LogP contribution in [0.1, 0.15) is 42.9 Å². The summed E-state index contributed by atoms with van der Waals surface area (Å²) in [6, 6.07) is 13.9. The lowest BCUT2D eigenvalue weighted by atomic mass is 9.72. The number of fused-ring (bicyclic) bond motifs is 1. The molecular weight excluding hydrogens is 381 g/mol. The summed E-state index contributed by atoms with van der Waals surface area (Å²) >= 11 is 12.3. The van der Waals surface area contributed by atoms with Gasteiger partial charge in [0, 0.05) is 15.5 Å². The topological polar surface area (TPSA) is 40.5 Å². The molecule has 2 aromatic carbocycles. The van der Waals surface area contributed by atoms with E-state index in [0.29, 0.717) is 0 Å². The number of carboxylic acids is 1. The number of carbonyl (C=O) groups is 1. The minimum absolute atomic E-state index is 0.0716. The van der Waals surface area contributed by atoms with Gasteiger partial charge in [-0.1, -0.05) is 41.4 Å². The summed E-state index contributed by atoms with van der Waals surface area (Å²) in [5.74, 6) is -0.786. The molecule has 0 aliphatic heterocycles. The lowest BCUT2D eigenvalue weighted by molar-refractivity contribution is -0.142. The van der Waals surface area contributed by atoms with Gasteiger partial charge in [-0.2, -0.15) is 0 Å². The molecule has 0 saturated carbocycles. The second kappa shape index (κ2) is 8.22. The van der Waals surface area contributed by atoms with Crippen molar-refractivity contribution in [3.8, 4) is 0 Å². The van der Waals surface area contributed by atoms with Gasteiger partial charge >= 0.3 is 5.97 Å². The van der Waals surface area contributed by atoms with E-state index in [0.717, 1.165) is 42.3 Å². The Morgan fingerprint density at radius 3 is 2.52 bits per heavy atom. The third-order valence-corrected chi connectivity index (χ3v) is 6.42. The second-order valence-corrected chi connectivity index (χ2v) is 8.36. The second-order valence-electron chi connectivity index (χ2n) is 7.49. The third-order valence-electron chi connectivity index (χ3n) is 5.93. The van der Waals surface area contributed by atoms with Gasteiger partial charge in [0.2, 0.25) is 0 Å². The van der Waals surface area contributed by atoms with Crippen molar-refractivity contribution in [1.29, 1.82) is 0 Å². The Morgan fingerprint density at radius 2 is 1.85 bits per heavy atom. The van der Waals surface area contributed by atoms with Crippen LogP contribution in [-0.2, 0) is 16.6 Å². The monoisotopic (exact) mass is 405 g/mol. The van der Waals surface area contributed by atoms with Crippen molar-refractivity contribution in [3.05, 3.63) is 69.2 Å². The first-order valence-corrected chi connectivity index (χ1v) is 10.1. The van der Waals surface area contributed by atoms with Crippen LogP contribution in [-0.4, -0.2) is 35.6 Å². The van der Waals surface area contributed by atoms with Crippen LogP contribution in [0.2, 0.25) is 10.0 Å². The molecule has 0 amide bonds. The van der Waals surface area contributed by atoms with Crippen LogP contribution in [0, 0.1) is 0 Å². The zero-order valence-corrected chi connectivity index (χ0v) is 17.2. The molecule has 0 saturated heterocycles. The minimum atomic E-state index is -0.786. The summed E-state index contributed by atoms with van der Waals surface area (Å²) in [6.07, 6.45) is 3.90. The highest BCUT2D eigenvalue weighted by Gasteiger charge is 2.39. The lowest BCUT2D eigenvalue weighted by Gasteiger charge is -2.33. The van der Waals surface area contributed by atoms with Gasteiger partial charge in [-0.15, -0.1) is 0 Å². The molecule has 1 aliphatic rings. The van der Waals surface area contributed by atoms with Gasteiger partial charge in [0.15, 0.2) is 0 Å². The molecule has 0 heterocycles. The van der Waals surface area contributed by atoms with E-state index in [-0.39, 0.29) is 5.41 Å². The van der Waals surface area contributed by atoms with E-state index < -0.39 is 12.0 Å². The Kier molecular flexibility index (Phi) is 6.15. The molecule has 0 radical (unpaired) electrons. The average molecular weight is 406 g/mol. The third kappa shape index (κ3) is 4.16. The highest BCUT2D eigenvalue weighted by molar-refractivity contribution is 6.30. The summed E-state index contributed by atoms with van der Waals surface area (Å²) in [5.41, 5.74) is 3.84. The highest BCUT2D eigenvalue weighted by atomic mass is 35.5. The van der Waals surface area contributed by atoms with Crippen molar-refractivity contribution in [1.82, 2.24) is 4.90 Å². The first-order chi connectivity index (χ1) is 12.8. The van der Waals surface area contributed by atoms with Gasteiger partial charge in [-0.05, 0) is 87.2 Å². The maximum absolute atomic E-state index is 11.2. The maximum atomic E-state index is 11.2. The van der Waals surface area contributed by atoms with Crippen molar-refractivity contribution in [2.45, 2.75) is 44.1 Å². The molecule has 0 unspecified atom stereocenters. The largest absolute Gasteiger partial charge is 0.480 e. The molecule has 2 aromatic rings. The van der Waals surface area contributed by atoms with E-state index in [1.165, 1.54) is 16.7 Å². The fourth-order valence-electron chi connectivity index (χ4n) is 4.20. The number of halogens is 2. The number of rotatable bonds is 7. The molecule has 0 spiro atoms. The number of hydrogen-bond donors (Lipinski definition) is 1. The van der Waals surface area contributed by atoms with Crippen molar-refractivity contribution in [2.24, 2.45) is 0 Å². The lowest BCUT2D eigenvalue weighted by Crippen LogP contribution is -2.37. The first-order valence-electron chi connectivity index (χ1n) is 9.31. The molecule has 3 rings (SSSR count). The summed E-state index contributed by atoms with van der Waals surface area (Å²) in [7, 11) is 1.87. The van der Waals surface area contributed by atoms with E-state index in [2.05, 4.69) is 24.3 Å². The zero-order chi connectivity index (χ0) is 19.6. The molecular formula is C22H25Cl2NO2. The van der Waals surface area contributed by atoms with Crippen LogP contribution in [0.3, 0.4) is 0 Å². The molecule has 0 bridgehead atoms. The van der Waals surface area contributed by atoms with Gasteiger partial charge in [0.25, 0.3) is 0 Å². The van der Waals surface area contributed by atoms with Gasteiger partial charge in [-0.25, -0.2) is 0 Å². The smallest absolute Gasteiger partial charge is 0.320 e. The molecule has 5 heteroatoms. The maximum Gasteiger partial charge on any atom is 0.320 e. The average Bonchev–Trinajstić information content (AvgIpc) is 3.00. The standard InChI is InChI=1S/C22H25Cl2NO2/c1-15(21(26)27)25(2)13-3-11-22(17-4-6-18(23)7-5-17)12-10-16-14-19(24)8-9-20(16)22/h4-9,14-15H,3,10-13H2,1-2H3,(H,26,27)/t15-,22+/m0/s1. The number of likely N-dealkylation sites (N-methyl/N-ethyl adjacent to an activating group) is 1. The van der Waals surface area contributed by atoms with E-state index in [9.17, 15) is 9.90 Å². The van der Waals surface area contributed by atoms with Crippen LogP contribution in [0.15, 0.2) is 42.5 Å². The zero-order valence-electron chi connectivity index (χ0n) is 15.7. The summed E-state index contributed by atoms with van der Waals surface area (Å²) in [4.78, 5) is 13.1. The molecule has 27 heavy (non-hydrogen) atoms. The van der Waals surface area contributed by atoms with Crippen LogP contribution < -0.4 is 0 Å². The molecule has 144 valence electrons. The number of nitrogens with zero attached hydrogens (tertiary/aromatic N) is 1. The Labute approximate surface area is 170 Å². The Hall–Kier alpha value is -1.55. The molecule has 1 aliphatic carbocycles. The van der Waals surface area contributed by atoms with Crippen LogP contribution in [0.4, 0.5) is 0 Å². The van der Waals surface area contributed by atoms with E-state index in [4.69, 9.17) is 23.2 Å². The Bertz CT molecular complexity index is 822. The first kappa shape index (κ1) is 20.2. The molecule has 2 atom stereocenters. The number of carboxylic acid groups (broad SMARTS) is 1. The van der Waals surface area contributed by atoms with E-state index in [1.54, 1.807) is 6.92 Å². The minimum Gasteiger partial charge on any atom is -0.480 e. The number of hydrogen-bond acceptors (Lipinski definition) is 2. The molecule has 0 aromatic heterocycles. The SMILES string of the molecule is C[C@@H](C(=O)O)N(C)CCC[C@]1(c2ccc(Cl)cc2)CCc2cc(Cl)ccc21. The van der Waals surface area contributed by atoms with Gasteiger partial charge in [0.1, 0.15) is 6.04 Å². The normalized spacial score (nSPS) is 19.9. The number of aryl methyl sites for hydroxylation is 1. The molecule has 0 fully saturated rings. The summed E-state index contributed by atoms with van der Waals surface area (Å²) < 4.78 is 0. The Balaban J connectivity index is 1.87. The predicted molar refractivity (Wildman–Crippen MR) is 111 cm³/mol. The summed E-state index contributed by atoms with van der Waals surface area (Å²) in [6.45, 7) is 2.47. The molecule has 3 nitrogen and oxygen atoms in total. The van der Waals surface area contributed by atoms with Crippen LogP contribution in [0.25, 0.3) is 0 Å². The van der Waals surface area contributed by atoms with Crippen LogP contribution in [0.5, 0.6) is 0 Å². The fourth-order valence-corrected chi connectivity index (χ4v) is 4.52. The van der Waals surface area contributed by atoms with Crippen molar-refractivity contribution in [2.75, 3.05) is 13.6 Å². The quantitative estimate of drug-likeness (QED) is 0.668. The summed E-state index contributed by atoms with van der Waals surface area (Å²) in [5, 5.41) is 10.7. The highest BCUT2D eigenvalue weighted by Crippen LogP contribution is 2.48. The van der Waals surface area contributed by atoms with E-state index >= 15 is 0 Å². The van der Waals surface area contributed by atoms with Crippen LogP contribution >= 0.6 is 23.2 Å². The molecule has 1 N–H and O–H groups in total. The van der Waals surface area contributed by atoms with Gasteiger partial charge in [-0.3, -0.25) is 9.69 Å². The van der Waals surface area contributed by atoms with Gasteiger partial charge < -0.3 is 5.11 Å². The van der Waals surface area contributed by atoms with Gasteiger partial charge in [0.05, 0.1) is 0 Å². The van der Waals surface area contributed by atoms with Crippen molar-refractivity contribution < 1.29 is 9.90 Å². The Morgan fingerprint density at radius 1 is 1.19 bits per heavy atom. The number of aliphatic carboxylic acids is 1.